The van der Waals surface area contributed by atoms with Crippen molar-refractivity contribution in [2.75, 3.05) is 11.9 Å². The van der Waals surface area contributed by atoms with Crippen LogP contribution in [0.15, 0.2) is 24.3 Å². The first-order valence-electron chi connectivity index (χ1n) is 5.32. The fraction of sp³-hybridized carbons (Fsp3) is 0.417. The smallest absolute Gasteiger partial charge is 0.362 e. The van der Waals surface area contributed by atoms with Crippen LogP contribution < -0.4 is 10.6 Å². The Hall–Kier alpha value is -1.74. The van der Waals surface area contributed by atoms with Crippen LogP contribution in [0.2, 0.25) is 0 Å². The summed E-state index contributed by atoms with van der Waals surface area (Å²) in [6, 6.07) is 4.99. The van der Waals surface area contributed by atoms with Crippen molar-refractivity contribution >= 4 is 5.69 Å². The van der Waals surface area contributed by atoms with E-state index in [1.165, 1.54) is 38.2 Å². The maximum Gasteiger partial charge on any atom is 0.410 e. The number of alkyl halides is 3. The lowest BCUT2D eigenvalue weighted by Crippen LogP contribution is -2.53. The van der Waals surface area contributed by atoms with E-state index in [0.717, 1.165) is 4.90 Å². The molecule has 6 heteroatoms. The van der Waals surface area contributed by atoms with Crippen LogP contribution in [0.3, 0.4) is 0 Å². The molecular formula is C12H14F3N3. The van der Waals surface area contributed by atoms with E-state index in [2.05, 4.69) is 0 Å². The van der Waals surface area contributed by atoms with E-state index in [9.17, 15) is 13.2 Å². The van der Waals surface area contributed by atoms with Gasteiger partial charge in [-0.05, 0) is 31.2 Å². The van der Waals surface area contributed by atoms with Gasteiger partial charge in [-0.2, -0.15) is 18.4 Å². The van der Waals surface area contributed by atoms with Crippen LogP contribution in [-0.4, -0.2) is 25.3 Å². The molecule has 0 heterocycles. The highest BCUT2D eigenvalue weighted by atomic mass is 19.4. The van der Waals surface area contributed by atoms with E-state index in [1.54, 1.807) is 0 Å². The lowest BCUT2D eigenvalue weighted by molar-refractivity contribution is -0.151. The number of nitrogens with zero attached hydrogens (tertiary/aromatic N) is 2. The molecule has 98 valence electrons. The molecule has 1 aromatic carbocycles. The van der Waals surface area contributed by atoms with Crippen molar-refractivity contribution in [3.8, 4) is 6.07 Å². The number of nitriles is 1. The van der Waals surface area contributed by atoms with E-state index in [0.29, 0.717) is 11.3 Å². The van der Waals surface area contributed by atoms with Gasteiger partial charge in [0.1, 0.15) is 6.04 Å². The first kappa shape index (κ1) is 14.3. The SMILES string of the molecule is CC(N)C(N(C)c1ccc(C#N)cc1)C(F)(F)F. The van der Waals surface area contributed by atoms with E-state index in [1.807, 2.05) is 6.07 Å². The fourth-order valence-electron chi connectivity index (χ4n) is 1.80. The highest BCUT2D eigenvalue weighted by Crippen LogP contribution is 2.29. The third-order valence-electron chi connectivity index (χ3n) is 2.65. The second-order valence-electron chi connectivity index (χ2n) is 4.12. The molecule has 0 saturated heterocycles. The van der Waals surface area contributed by atoms with Gasteiger partial charge in [-0.25, -0.2) is 0 Å². The predicted molar refractivity (Wildman–Crippen MR) is 63.1 cm³/mol. The normalized spacial score (nSPS) is 14.7. The maximum atomic E-state index is 12.9. The predicted octanol–water partition coefficient (Wildman–Crippen LogP) is 2.27. The first-order valence-corrected chi connectivity index (χ1v) is 5.32. The largest absolute Gasteiger partial charge is 0.410 e. The Bertz CT molecular complexity index is 431. The van der Waals surface area contributed by atoms with Crippen LogP contribution in [0.1, 0.15) is 12.5 Å². The molecule has 1 rings (SSSR count). The Kier molecular flexibility index (Phi) is 4.19. The van der Waals surface area contributed by atoms with Gasteiger partial charge < -0.3 is 10.6 Å². The molecule has 2 N–H and O–H groups in total. The van der Waals surface area contributed by atoms with Gasteiger partial charge in [0, 0.05) is 18.8 Å². The molecule has 0 saturated carbocycles. The Morgan fingerprint density at radius 2 is 1.78 bits per heavy atom. The lowest BCUT2D eigenvalue weighted by atomic mass is 10.1. The van der Waals surface area contributed by atoms with Crippen molar-refractivity contribution in [3.63, 3.8) is 0 Å². The maximum absolute atomic E-state index is 12.9. The Morgan fingerprint density at radius 3 is 2.11 bits per heavy atom. The molecule has 0 amide bonds. The molecule has 18 heavy (non-hydrogen) atoms. The minimum Gasteiger partial charge on any atom is -0.362 e. The van der Waals surface area contributed by atoms with Crippen molar-refractivity contribution in [3.05, 3.63) is 29.8 Å². The topological polar surface area (TPSA) is 53.0 Å². The Balaban J connectivity index is 3.03. The van der Waals surface area contributed by atoms with Crippen molar-refractivity contribution in [2.24, 2.45) is 5.73 Å². The number of halogens is 3. The monoisotopic (exact) mass is 257 g/mol. The van der Waals surface area contributed by atoms with Gasteiger partial charge >= 0.3 is 6.18 Å². The summed E-state index contributed by atoms with van der Waals surface area (Å²) in [5.74, 6) is 0. The zero-order chi connectivity index (χ0) is 13.9. The molecular weight excluding hydrogens is 243 g/mol. The Morgan fingerprint density at radius 1 is 1.28 bits per heavy atom. The quantitative estimate of drug-likeness (QED) is 0.903. The summed E-state index contributed by atoms with van der Waals surface area (Å²) in [5, 5.41) is 8.63. The summed E-state index contributed by atoms with van der Waals surface area (Å²) < 4.78 is 38.6. The van der Waals surface area contributed by atoms with E-state index in [-0.39, 0.29) is 0 Å². The van der Waals surface area contributed by atoms with Crippen molar-refractivity contribution < 1.29 is 13.2 Å². The van der Waals surface area contributed by atoms with Crippen LogP contribution in [0.5, 0.6) is 0 Å². The highest BCUT2D eigenvalue weighted by molar-refractivity contribution is 5.50. The molecule has 3 nitrogen and oxygen atoms in total. The minimum absolute atomic E-state index is 0.369. The summed E-state index contributed by atoms with van der Waals surface area (Å²) in [6.07, 6.45) is -4.41. The van der Waals surface area contributed by atoms with Gasteiger partial charge in [-0.1, -0.05) is 0 Å². The van der Waals surface area contributed by atoms with Gasteiger partial charge in [-0.15, -0.1) is 0 Å². The molecule has 2 unspecified atom stereocenters. The number of nitrogens with two attached hydrogens (primary N) is 1. The van der Waals surface area contributed by atoms with Gasteiger partial charge in [0.15, 0.2) is 0 Å². The molecule has 0 aromatic heterocycles. The summed E-state index contributed by atoms with van der Waals surface area (Å²) >= 11 is 0. The molecule has 1 aromatic rings. The second kappa shape index (κ2) is 5.27. The standard InChI is InChI=1S/C12H14F3N3/c1-8(17)11(12(13,14)15)18(2)10-5-3-9(7-16)4-6-10/h3-6,8,11H,17H2,1-2H3. The van der Waals surface area contributed by atoms with E-state index in [4.69, 9.17) is 11.0 Å². The molecule has 2 atom stereocenters. The van der Waals surface area contributed by atoms with E-state index < -0.39 is 18.3 Å². The average molecular weight is 257 g/mol. The molecule has 0 bridgehead atoms. The number of anilines is 1. The summed E-state index contributed by atoms with van der Waals surface area (Å²) in [6.45, 7) is 1.32. The highest BCUT2D eigenvalue weighted by Gasteiger charge is 2.44. The first-order chi connectivity index (χ1) is 8.27. The number of rotatable bonds is 3. The molecule has 0 fully saturated rings. The number of benzene rings is 1. The zero-order valence-electron chi connectivity index (χ0n) is 10.1. The van der Waals surface area contributed by atoms with E-state index >= 15 is 0 Å². The fourth-order valence-corrected chi connectivity index (χ4v) is 1.80. The molecule has 0 spiro atoms. The lowest BCUT2D eigenvalue weighted by Gasteiger charge is -2.34. The summed E-state index contributed by atoms with van der Waals surface area (Å²) in [4.78, 5) is 1.08. The zero-order valence-corrected chi connectivity index (χ0v) is 10.1. The molecule has 0 aliphatic heterocycles. The molecule has 0 radical (unpaired) electrons. The van der Waals surface area contributed by atoms with Gasteiger partial charge in [-0.3, -0.25) is 0 Å². The van der Waals surface area contributed by atoms with Gasteiger partial charge in [0.05, 0.1) is 11.6 Å². The van der Waals surface area contributed by atoms with Crippen LogP contribution in [0.4, 0.5) is 18.9 Å². The number of likely N-dealkylation sites (N-methyl/N-ethyl adjacent to an activating group) is 1. The van der Waals surface area contributed by atoms with Crippen LogP contribution in [0, 0.1) is 11.3 Å². The molecule has 0 aliphatic rings. The van der Waals surface area contributed by atoms with Crippen LogP contribution >= 0.6 is 0 Å². The van der Waals surface area contributed by atoms with Crippen molar-refractivity contribution in [1.29, 1.82) is 5.26 Å². The summed E-state index contributed by atoms with van der Waals surface area (Å²) in [5.41, 5.74) is 6.17. The summed E-state index contributed by atoms with van der Waals surface area (Å²) in [7, 11) is 1.34. The average Bonchev–Trinajstić information content (AvgIpc) is 2.26. The van der Waals surface area contributed by atoms with Crippen molar-refractivity contribution in [1.82, 2.24) is 0 Å². The number of hydrogen-bond donors (Lipinski definition) is 1. The van der Waals surface area contributed by atoms with Crippen LogP contribution in [0.25, 0.3) is 0 Å². The van der Waals surface area contributed by atoms with Crippen LogP contribution in [-0.2, 0) is 0 Å². The molecule has 0 aliphatic carbocycles. The van der Waals surface area contributed by atoms with Crippen molar-refractivity contribution in [2.45, 2.75) is 25.2 Å². The third-order valence-corrected chi connectivity index (χ3v) is 2.65. The second-order valence-corrected chi connectivity index (χ2v) is 4.12. The third kappa shape index (κ3) is 3.14. The van der Waals surface area contributed by atoms with Gasteiger partial charge in [0.2, 0.25) is 0 Å². The Labute approximate surface area is 104 Å². The number of hydrogen-bond acceptors (Lipinski definition) is 3. The minimum atomic E-state index is -4.41. The van der Waals surface area contributed by atoms with Gasteiger partial charge in [0.25, 0.3) is 0 Å².